The summed E-state index contributed by atoms with van der Waals surface area (Å²) in [7, 11) is 0. The third-order valence-corrected chi connectivity index (χ3v) is 2.29. The van der Waals surface area contributed by atoms with Crippen LogP contribution in [0.4, 0.5) is 5.69 Å². The monoisotopic (exact) mass is 280 g/mol. The van der Waals surface area contributed by atoms with Crippen molar-refractivity contribution in [1.29, 1.82) is 0 Å². The Labute approximate surface area is 115 Å². The number of rotatable bonds is 8. The van der Waals surface area contributed by atoms with E-state index in [1.807, 2.05) is 0 Å². The Bertz CT molecular complexity index is 458. The molecule has 0 aromatic heterocycles. The fourth-order valence-electron chi connectivity index (χ4n) is 1.33. The molecule has 1 aromatic rings. The number of hydrogen-bond acceptors (Lipinski definition) is 5. The predicted octanol–water partition coefficient (Wildman–Crippen LogP) is -0.551. The van der Waals surface area contributed by atoms with Gasteiger partial charge in [-0.25, -0.2) is 0 Å². The third kappa shape index (κ3) is 6.07. The van der Waals surface area contributed by atoms with Crippen LogP contribution in [0.3, 0.4) is 0 Å². The van der Waals surface area contributed by atoms with Gasteiger partial charge in [-0.2, -0.15) is 0 Å². The van der Waals surface area contributed by atoms with Crippen molar-refractivity contribution in [1.82, 2.24) is 5.32 Å². The van der Waals surface area contributed by atoms with Gasteiger partial charge in [0, 0.05) is 5.69 Å². The number of aldehydes is 1. The van der Waals surface area contributed by atoms with Gasteiger partial charge in [-0.3, -0.25) is 9.59 Å². The molecule has 0 spiro atoms. The molecule has 0 aliphatic heterocycles. The Morgan fingerprint density at radius 2 is 1.90 bits per heavy atom. The zero-order chi connectivity index (χ0) is 14.8. The summed E-state index contributed by atoms with van der Waals surface area (Å²) in [5.41, 5.74) is 1.31. The van der Waals surface area contributed by atoms with Crippen LogP contribution in [0.15, 0.2) is 24.3 Å². The Morgan fingerprint density at radius 3 is 2.50 bits per heavy atom. The van der Waals surface area contributed by atoms with Gasteiger partial charge in [-0.15, -0.1) is 0 Å². The summed E-state index contributed by atoms with van der Waals surface area (Å²) < 4.78 is 4.69. The second-order valence-electron chi connectivity index (χ2n) is 3.86. The van der Waals surface area contributed by atoms with E-state index in [9.17, 15) is 14.4 Å². The van der Waals surface area contributed by atoms with E-state index in [0.29, 0.717) is 12.0 Å². The molecule has 2 amide bonds. The lowest BCUT2D eigenvalue weighted by atomic mass is 10.2. The van der Waals surface area contributed by atoms with E-state index in [1.165, 1.54) is 0 Å². The van der Waals surface area contributed by atoms with E-state index in [4.69, 9.17) is 5.11 Å². The Hall–Kier alpha value is -2.25. The van der Waals surface area contributed by atoms with Gasteiger partial charge in [0.25, 0.3) is 0 Å². The quantitative estimate of drug-likeness (QED) is 0.438. The molecular formula is C13H16N2O5. The van der Waals surface area contributed by atoms with E-state index < -0.39 is 5.91 Å². The normalized spacial score (nSPS) is 9.85. The van der Waals surface area contributed by atoms with Gasteiger partial charge in [-0.1, -0.05) is 12.1 Å². The fraction of sp³-hybridized carbons (Fsp3) is 0.308. The summed E-state index contributed by atoms with van der Waals surface area (Å²) in [4.78, 5) is 32.7. The SMILES string of the molecule is O=CCOCC(=O)NCC(=O)Nc1ccc(CO)cc1. The average molecular weight is 280 g/mol. The highest BCUT2D eigenvalue weighted by molar-refractivity contribution is 5.94. The highest BCUT2D eigenvalue weighted by atomic mass is 16.5. The second-order valence-corrected chi connectivity index (χ2v) is 3.86. The summed E-state index contributed by atoms with van der Waals surface area (Å²) >= 11 is 0. The van der Waals surface area contributed by atoms with Crippen LogP contribution < -0.4 is 10.6 Å². The van der Waals surface area contributed by atoms with E-state index in [2.05, 4.69) is 15.4 Å². The van der Waals surface area contributed by atoms with Crippen LogP contribution in [-0.4, -0.2) is 43.0 Å². The standard InChI is InChI=1S/C13H16N2O5/c16-5-6-20-9-13(19)14-7-12(18)15-11-3-1-10(8-17)2-4-11/h1-5,17H,6-9H2,(H,14,19)(H,15,18). The average Bonchev–Trinajstić information content (AvgIpc) is 2.46. The zero-order valence-electron chi connectivity index (χ0n) is 10.8. The molecule has 0 saturated heterocycles. The van der Waals surface area contributed by atoms with Crippen molar-refractivity contribution < 1.29 is 24.2 Å². The van der Waals surface area contributed by atoms with Crippen LogP contribution >= 0.6 is 0 Å². The first-order chi connectivity index (χ1) is 9.65. The maximum absolute atomic E-state index is 11.5. The fourth-order valence-corrected chi connectivity index (χ4v) is 1.33. The van der Waals surface area contributed by atoms with Gasteiger partial charge in [-0.05, 0) is 17.7 Å². The number of anilines is 1. The highest BCUT2D eigenvalue weighted by Crippen LogP contribution is 2.08. The van der Waals surface area contributed by atoms with E-state index in [-0.39, 0.29) is 32.3 Å². The topological polar surface area (TPSA) is 105 Å². The molecule has 1 rings (SSSR count). The molecule has 108 valence electrons. The number of carbonyl (C=O) groups excluding carboxylic acids is 3. The van der Waals surface area contributed by atoms with Crippen molar-refractivity contribution >= 4 is 23.8 Å². The van der Waals surface area contributed by atoms with Gasteiger partial charge >= 0.3 is 0 Å². The molecule has 3 N–H and O–H groups in total. The summed E-state index contributed by atoms with van der Waals surface area (Å²) in [5.74, 6) is -0.858. The molecule has 0 radical (unpaired) electrons. The van der Waals surface area contributed by atoms with Crippen LogP contribution in [0.2, 0.25) is 0 Å². The van der Waals surface area contributed by atoms with Crippen molar-refractivity contribution in [3.63, 3.8) is 0 Å². The lowest BCUT2D eigenvalue weighted by Crippen LogP contribution is -2.35. The summed E-state index contributed by atoms with van der Waals surface area (Å²) in [6, 6.07) is 6.67. The van der Waals surface area contributed by atoms with Crippen molar-refractivity contribution in [2.45, 2.75) is 6.61 Å². The number of hydrogen-bond donors (Lipinski definition) is 3. The Morgan fingerprint density at radius 1 is 1.20 bits per heavy atom. The molecule has 0 fully saturated rings. The maximum atomic E-state index is 11.5. The molecule has 0 bridgehead atoms. The van der Waals surface area contributed by atoms with Crippen molar-refractivity contribution in [2.75, 3.05) is 25.1 Å². The third-order valence-electron chi connectivity index (χ3n) is 2.29. The largest absolute Gasteiger partial charge is 0.392 e. The number of aliphatic hydroxyl groups is 1. The number of benzene rings is 1. The highest BCUT2D eigenvalue weighted by Gasteiger charge is 2.06. The second kappa shape index (κ2) is 8.78. The molecule has 20 heavy (non-hydrogen) atoms. The lowest BCUT2D eigenvalue weighted by Gasteiger charge is -2.07. The maximum Gasteiger partial charge on any atom is 0.246 e. The molecular weight excluding hydrogens is 264 g/mol. The lowest BCUT2D eigenvalue weighted by molar-refractivity contribution is -0.128. The first-order valence-electron chi connectivity index (χ1n) is 5.93. The van der Waals surface area contributed by atoms with Gasteiger partial charge < -0.3 is 25.3 Å². The molecule has 0 saturated carbocycles. The minimum atomic E-state index is -0.474. The molecule has 0 atom stereocenters. The van der Waals surface area contributed by atoms with Crippen molar-refractivity contribution in [2.24, 2.45) is 0 Å². The number of amides is 2. The van der Waals surface area contributed by atoms with E-state index in [0.717, 1.165) is 5.56 Å². The van der Waals surface area contributed by atoms with Gasteiger partial charge in [0.2, 0.25) is 11.8 Å². The first kappa shape index (κ1) is 15.8. The van der Waals surface area contributed by atoms with Crippen LogP contribution in [0.5, 0.6) is 0 Å². The van der Waals surface area contributed by atoms with E-state index in [1.54, 1.807) is 24.3 Å². The molecule has 0 aliphatic carbocycles. The Kier molecular flexibility index (Phi) is 6.94. The minimum Gasteiger partial charge on any atom is -0.392 e. The molecule has 7 heteroatoms. The van der Waals surface area contributed by atoms with Crippen LogP contribution in [0.25, 0.3) is 0 Å². The number of carbonyl (C=O) groups is 3. The first-order valence-corrected chi connectivity index (χ1v) is 5.93. The predicted molar refractivity (Wildman–Crippen MR) is 70.9 cm³/mol. The zero-order valence-corrected chi connectivity index (χ0v) is 10.8. The molecule has 7 nitrogen and oxygen atoms in total. The van der Waals surface area contributed by atoms with Gasteiger partial charge in [0.05, 0.1) is 13.2 Å². The minimum absolute atomic E-state index is 0.0644. The number of ether oxygens (including phenoxy) is 1. The van der Waals surface area contributed by atoms with Gasteiger partial charge in [0.15, 0.2) is 0 Å². The van der Waals surface area contributed by atoms with Crippen LogP contribution in [0, 0.1) is 0 Å². The van der Waals surface area contributed by atoms with Crippen molar-refractivity contribution in [3.8, 4) is 0 Å². The summed E-state index contributed by atoms with van der Waals surface area (Å²) in [5, 5.41) is 13.8. The Balaban J connectivity index is 2.28. The number of aliphatic hydroxyl groups excluding tert-OH is 1. The van der Waals surface area contributed by atoms with E-state index >= 15 is 0 Å². The summed E-state index contributed by atoms with van der Waals surface area (Å²) in [6.45, 7) is -0.676. The number of nitrogens with one attached hydrogen (secondary N) is 2. The van der Waals surface area contributed by atoms with Crippen LogP contribution in [0.1, 0.15) is 5.56 Å². The molecule has 0 aliphatic rings. The smallest absolute Gasteiger partial charge is 0.246 e. The summed E-state index contributed by atoms with van der Waals surface area (Å²) in [6.07, 6.45) is 0.538. The molecule has 1 aromatic carbocycles. The molecule has 0 heterocycles. The van der Waals surface area contributed by atoms with Crippen LogP contribution in [-0.2, 0) is 25.7 Å². The molecule has 0 unspecified atom stereocenters. The van der Waals surface area contributed by atoms with Gasteiger partial charge in [0.1, 0.15) is 19.5 Å². The van der Waals surface area contributed by atoms with Crippen molar-refractivity contribution in [3.05, 3.63) is 29.8 Å².